The summed E-state index contributed by atoms with van der Waals surface area (Å²) in [7, 11) is 1.87. The summed E-state index contributed by atoms with van der Waals surface area (Å²) in [5, 5.41) is 0. The molecular weight excluding hydrogens is 248 g/mol. The number of rotatable bonds is 5. The molecule has 0 saturated carbocycles. The fourth-order valence-corrected chi connectivity index (χ4v) is 2.07. The molecule has 0 N–H and O–H groups in total. The Morgan fingerprint density at radius 3 is 3.11 bits per heavy atom. The van der Waals surface area contributed by atoms with Crippen LogP contribution < -0.4 is 4.90 Å². The Morgan fingerprint density at radius 1 is 1.58 bits per heavy atom. The minimum absolute atomic E-state index is 0.202. The van der Waals surface area contributed by atoms with Gasteiger partial charge in [-0.3, -0.25) is 0 Å². The molecule has 1 aromatic rings. The van der Waals surface area contributed by atoms with Crippen molar-refractivity contribution >= 4 is 12.0 Å². The lowest BCUT2D eigenvalue weighted by Crippen LogP contribution is -2.33. The molecule has 2 heterocycles. The maximum atomic E-state index is 11.5. The summed E-state index contributed by atoms with van der Waals surface area (Å²) in [6.07, 6.45) is 4.91. The fourth-order valence-electron chi connectivity index (χ4n) is 2.07. The van der Waals surface area contributed by atoms with Crippen LogP contribution in [0.3, 0.4) is 0 Å². The van der Waals surface area contributed by atoms with Crippen molar-refractivity contribution in [2.75, 3.05) is 31.7 Å². The average Bonchev–Trinajstić information content (AvgIpc) is 2.90. The van der Waals surface area contributed by atoms with Gasteiger partial charge >= 0.3 is 5.97 Å². The molecule has 0 bridgehead atoms. The number of aromatic nitrogens is 1. The Kier molecular flexibility index (Phi) is 4.79. The van der Waals surface area contributed by atoms with Crippen molar-refractivity contribution in [2.45, 2.75) is 32.3 Å². The molecule has 2 rings (SSSR count). The second kappa shape index (κ2) is 6.56. The van der Waals surface area contributed by atoms with Crippen molar-refractivity contribution in [3.63, 3.8) is 0 Å². The number of anilines is 1. The molecule has 0 spiro atoms. The molecule has 1 saturated heterocycles. The SMILES string of the molecule is CCOC(=O)c1coc(N(C)CC2CCCCO2)n1. The molecule has 0 aliphatic carbocycles. The summed E-state index contributed by atoms with van der Waals surface area (Å²) in [6, 6.07) is 0.414. The molecule has 0 amide bonds. The number of hydrogen-bond acceptors (Lipinski definition) is 6. The summed E-state index contributed by atoms with van der Waals surface area (Å²) >= 11 is 0. The van der Waals surface area contributed by atoms with Crippen LogP contribution in [0.5, 0.6) is 0 Å². The van der Waals surface area contributed by atoms with E-state index >= 15 is 0 Å². The predicted molar refractivity (Wildman–Crippen MR) is 69.3 cm³/mol. The predicted octanol–water partition coefficient (Wildman–Crippen LogP) is 1.86. The third kappa shape index (κ3) is 3.70. The van der Waals surface area contributed by atoms with E-state index in [-0.39, 0.29) is 11.8 Å². The zero-order valence-corrected chi connectivity index (χ0v) is 11.4. The highest BCUT2D eigenvalue weighted by Gasteiger charge is 2.20. The molecule has 1 fully saturated rings. The van der Waals surface area contributed by atoms with E-state index in [1.165, 1.54) is 12.7 Å². The van der Waals surface area contributed by atoms with Gasteiger partial charge in [-0.05, 0) is 26.2 Å². The minimum Gasteiger partial charge on any atom is -0.461 e. The average molecular weight is 268 g/mol. The zero-order chi connectivity index (χ0) is 13.7. The van der Waals surface area contributed by atoms with E-state index in [1.54, 1.807) is 6.92 Å². The highest BCUT2D eigenvalue weighted by molar-refractivity contribution is 5.87. The number of ether oxygens (including phenoxy) is 2. The smallest absolute Gasteiger partial charge is 0.360 e. The lowest BCUT2D eigenvalue weighted by atomic mass is 10.1. The van der Waals surface area contributed by atoms with Gasteiger partial charge in [-0.1, -0.05) is 0 Å². The monoisotopic (exact) mass is 268 g/mol. The van der Waals surface area contributed by atoms with E-state index in [0.29, 0.717) is 19.2 Å². The first-order valence-electron chi connectivity index (χ1n) is 6.66. The van der Waals surface area contributed by atoms with Gasteiger partial charge in [0.1, 0.15) is 6.26 Å². The number of oxazole rings is 1. The van der Waals surface area contributed by atoms with Crippen LogP contribution in [0.1, 0.15) is 36.7 Å². The third-order valence-corrected chi connectivity index (χ3v) is 3.05. The summed E-state index contributed by atoms with van der Waals surface area (Å²) in [4.78, 5) is 17.5. The molecule has 6 heteroatoms. The Labute approximate surface area is 112 Å². The summed E-state index contributed by atoms with van der Waals surface area (Å²) < 4.78 is 15.8. The maximum Gasteiger partial charge on any atom is 0.360 e. The first-order chi connectivity index (χ1) is 9.20. The van der Waals surface area contributed by atoms with Crippen molar-refractivity contribution in [1.82, 2.24) is 4.98 Å². The third-order valence-electron chi connectivity index (χ3n) is 3.05. The number of nitrogens with zero attached hydrogens (tertiary/aromatic N) is 2. The van der Waals surface area contributed by atoms with Gasteiger partial charge in [-0.2, -0.15) is 4.98 Å². The van der Waals surface area contributed by atoms with E-state index < -0.39 is 5.97 Å². The van der Waals surface area contributed by atoms with Crippen LogP contribution in [0, 0.1) is 0 Å². The Balaban J connectivity index is 1.91. The Hall–Kier alpha value is -1.56. The van der Waals surface area contributed by atoms with Crippen LogP contribution in [-0.2, 0) is 9.47 Å². The van der Waals surface area contributed by atoms with Crippen LogP contribution in [0.25, 0.3) is 0 Å². The van der Waals surface area contributed by atoms with Gasteiger partial charge in [-0.15, -0.1) is 0 Å². The van der Waals surface area contributed by atoms with Crippen molar-refractivity contribution in [3.05, 3.63) is 12.0 Å². The maximum absolute atomic E-state index is 11.5. The second-order valence-electron chi connectivity index (χ2n) is 4.60. The second-order valence-corrected chi connectivity index (χ2v) is 4.60. The molecule has 0 radical (unpaired) electrons. The van der Waals surface area contributed by atoms with E-state index in [0.717, 1.165) is 19.4 Å². The van der Waals surface area contributed by atoms with Crippen LogP contribution >= 0.6 is 0 Å². The molecule has 6 nitrogen and oxygen atoms in total. The number of carbonyl (C=O) groups is 1. The highest BCUT2D eigenvalue weighted by Crippen LogP contribution is 2.18. The largest absolute Gasteiger partial charge is 0.461 e. The summed E-state index contributed by atoms with van der Waals surface area (Å²) in [6.45, 7) is 3.61. The van der Waals surface area contributed by atoms with Gasteiger partial charge < -0.3 is 18.8 Å². The quantitative estimate of drug-likeness (QED) is 0.759. The summed E-state index contributed by atoms with van der Waals surface area (Å²) in [5.41, 5.74) is 0.202. The van der Waals surface area contributed by atoms with Crippen molar-refractivity contribution in [1.29, 1.82) is 0 Å². The van der Waals surface area contributed by atoms with Crippen LogP contribution in [0.15, 0.2) is 10.7 Å². The highest BCUT2D eigenvalue weighted by atomic mass is 16.5. The Bertz CT molecular complexity index is 413. The van der Waals surface area contributed by atoms with Gasteiger partial charge in [0, 0.05) is 20.2 Å². The van der Waals surface area contributed by atoms with Gasteiger partial charge in [0.05, 0.1) is 12.7 Å². The number of hydrogen-bond donors (Lipinski definition) is 0. The number of carbonyl (C=O) groups excluding carboxylic acids is 1. The van der Waals surface area contributed by atoms with Crippen molar-refractivity contribution in [3.8, 4) is 0 Å². The molecule has 1 atom stereocenters. The fraction of sp³-hybridized carbons (Fsp3) is 0.692. The van der Waals surface area contributed by atoms with Gasteiger partial charge in [-0.25, -0.2) is 4.79 Å². The summed E-state index contributed by atoms with van der Waals surface area (Å²) in [5.74, 6) is -0.459. The van der Waals surface area contributed by atoms with Crippen molar-refractivity contribution < 1.29 is 18.7 Å². The standard InChI is InChI=1S/C13H20N2O4/c1-3-17-12(16)11-9-19-13(14-11)15(2)8-10-6-4-5-7-18-10/h9-10H,3-8H2,1-2H3. The molecule has 106 valence electrons. The number of esters is 1. The minimum atomic E-state index is -0.459. The lowest BCUT2D eigenvalue weighted by molar-refractivity contribution is 0.0211. The van der Waals surface area contributed by atoms with Crippen LogP contribution in [-0.4, -0.2) is 43.9 Å². The van der Waals surface area contributed by atoms with E-state index in [2.05, 4.69) is 4.98 Å². The molecule has 1 aliphatic heterocycles. The number of likely N-dealkylation sites (N-methyl/N-ethyl adjacent to an activating group) is 1. The van der Waals surface area contributed by atoms with Gasteiger partial charge in [0.2, 0.25) is 0 Å². The topological polar surface area (TPSA) is 64.8 Å². The molecule has 1 aliphatic rings. The van der Waals surface area contributed by atoms with Crippen LogP contribution in [0.4, 0.5) is 6.01 Å². The normalized spacial score (nSPS) is 19.2. The van der Waals surface area contributed by atoms with E-state index in [4.69, 9.17) is 13.9 Å². The molecular formula is C13H20N2O4. The molecule has 0 aromatic carbocycles. The van der Waals surface area contributed by atoms with Crippen molar-refractivity contribution in [2.24, 2.45) is 0 Å². The lowest BCUT2D eigenvalue weighted by Gasteiger charge is -2.26. The first kappa shape index (κ1) is 13.9. The Morgan fingerprint density at radius 2 is 2.42 bits per heavy atom. The molecule has 1 aromatic heterocycles. The van der Waals surface area contributed by atoms with Crippen LogP contribution in [0.2, 0.25) is 0 Å². The zero-order valence-electron chi connectivity index (χ0n) is 11.4. The van der Waals surface area contributed by atoms with Gasteiger partial charge in [0.25, 0.3) is 6.01 Å². The molecule has 19 heavy (non-hydrogen) atoms. The van der Waals surface area contributed by atoms with Gasteiger partial charge in [0.15, 0.2) is 5.69 Å². The first-order valence-corrected chi connectivity index (χ1v) is 6.66. The van der Waals surface area contributed by atoms with E-state index in [1.807, 2.05) is 11.9 Å². The molecule has 1 unspecified atom stereocenters. The van der Waals surface area contributed by atoms with E-state index in [9.17, 15) is 4.79 Å².